The van der Waals surface area contributed by atoms with Gasteiger partial charge in [-0.15, -0.1) is 0 Å². The number of nitrogens with zero attached hydrogens (tertiary/aromatic N) is 1. The van der Waals surface area contributed by atoms with E-state index in [1.54, 1.807) is 18.2 Å². The highest BCUT2D eigenvalue weighted by Gasteiger charge is 2.10. The molecule has 2 N–H and O–H groups in total. The minimum absolute atomic E-state index is 0.203. The third-order valence-corrected chi connectivity index (χ3v) is 3.64. The van der Waals surface area contributed by atoms with E-state index in [0.29, 0.717) is 34.3 Å². The molecule has 20 heavy (non-hydrogen) atoms. The third-order valence-electron chi connectivity index (χ3n) is 2.90. The summed E-state index contributed by atoms with van der Waals surface area (Å²) in [7, 11) is 0. The van der Waals surface area contributed by atoms with E-state index in [-0.39, 0.29) is 11.4 Å². The number of benzene rings is 1. The number of H-pyrrole nitrogens is 1. The van der Waals surface area contributed by atoms with Gasteiger partial charge >= 0.3 is 0 Å². The van der Waals surface area contributed by atoms with Crippen molar-refractivity contribution in [1.82, 2.24) is 9.97 Å². The van der Waals surface area contributed by atoms with E-state index < -0.39 is 0 Å². The maximum atomic E-state index is 11.9. The fraction of sp³-hybridized carbons (Fsp3) is 0.286. The maximum Gasteiger partial charge on any atom is 0.257 e. The smallest absolute Gasteiger partial charge is 0.257 e. The van der Waals surface area contributed by atoms with E-state index in [2.05, 4.69) is 9.97 Å². The van der Waals surface area contributed by atoms with Crippen LogP contribution in [0.5, 0.6) is 5.88 Å². The van der Waals surface area contributed by atoms with Gasteiger partial charge in [0.15, 0.2) is 0 Å². The van der Waals surface area contributed by atoms with Crippen molar-refractivity contribution in [3.8, 4) is 5.88 Å². The van der Waals surface area contributed by atoms with Gasteiger partial charge < -0.3 is 10.1 Å². The molecule has 6 heteroatoms. The summed E-state index contributed by atoms with van der Waals surface area (Å²) in [5.74, 6) is 0.191. The quantitative estimate of drug-likeness (QED) is 0.910. The Morgan fingerprint density at radius 2 is 2.05 bits per heavy atom. The number of rotatable bonds is 4. The van der Waals surface area contributed by atoms with Gasteiger partial charge in [0.2, 0.25) is 5.88 Å². The molecule has 0 aliphatic rings. The number of aromatic nitrogens is 2. The molecule has 0 aliphatic carbocycles. The van der Waals surface area contributed by atoms with E-state index in [1.165, 1.54) is 0 Å². The predicted molar refractivity (Wildman–Crippen MR) is 79.8 cm³/mol. The van der Waals surface area contributed by atoms with Crippen LogP contribution < -0.4 is 5.56 Å². The zero-order valence-electron chi connectivity index (χ0n) is 10.9. The van der Waals surface area contributed by atoms with Gasteiger partial charge in [-0.05, 0) is 24.1 Å². The normalized spacial score (nSPS) is 10.8. The second-order valence-electron chi connectivity index (χ2n) is 4.49. The molecule has 0 amide bonds. The maximum absolute atomic E-state index is 11.9. The van der Waals surface area contributed by atoms with E-state index in [1.807, 2.05) is 6.92 Å². The molecule has 106 valence electrons. The van der Waals surface area contributed by atoms with Crippen LogP contribution in [0.15, 0.2) is 23.0 Å². The molecular formula is C14H14Cl2N2O2. The summed E-state index contributed by atoms with van der Waals surface area (Å²) in [5.41, 5.74) is 0.880. The lowest BCUT2D eigenvalue weighted by Crippen LogP contribution is -2.17. The Kier molecular flexibility index (Phi) is 4.68. The molecular weight excluding hydrogens is 299 g/mol. The summed E-state index contributed by atoms with van der Waals surface area (Å²) in [4.78, 5) is 18.6. The minimum Gasteiger partial charge on any atom is -0.493 e. The van der Waals surface area contributed by atoms with E-state index in [0.717, 1.165) is 12.0 Å². The van der Waals surface area contributed by atoms with Gasteiger partial charge in [-0.2, -0.15) is 4.98 Å². The van der Waals surface area contributed by atoms with Crippen molar-refractivity contribution >= 4 is 23.2 Å². The van der Waals surface area contributed by atoms with Crippen molar-refractivity contribution in [3.63, 3.8) is 0 Å². The highest BCUT2D eigenvalue weighted by atomic mass is 35.5. The van der Waals surface area contributed by atoms with Crippen molar-refractivity contribution in [2.45, 2.75) is 26.2 Å². The molecule has 1 aromatic carbocycles. The summed E-state index contributed by atoms with van der Waals surface area (Å²) in [6.07, 6.45) is 1.64. The van der Waals surface area contributed by atoms with Crippen LogP contribution in [0.25, 0.3) is 0 Å². The van der Waals surface area contributed by atoms with E-state index >= 15 is 0 Å². The van der Waals surface area contributed by atoms with Crippen LogP contribution in [0.4, 0.5) is 0 Å². The van der Waals surface area contributed by atoms with Gasteiger partial charge in [-0.3, -0.25) is 4.79 Å². The van der Waals surface area contributed by atoms with Crippen molar-refractivity contribution < 1.29 is 5.11 Å². The molecule has 4 nitrogen and oxygen atoms in total. The van der Waals surface area contributed by atoms with Gasteiger partial charge in [-0.1, -0.05) is 42.6 Å². The largest absolute Gasteiger partial charge is 0.493 e. The zero-order valence-corrected chi connectivity index (χ0v) is 12.4. The third kappa shape index (κ3) is 3.32. The van der Waals surface area contributed by atoms with Crippen molar-refractivity contribution in [3.05, 3.63) is 55.5 Å². The number of aromatic hydroxyl groups is 1. The van der Waals surface area contributed by atoms with E-state index in [9.17, 15) is 9.90 Å². The number of nitrogens with one attached hydrogen (secondary N) is 1. The second kappa shape index (κ2) is 6.29. The van der Waals surface area contributed by atoms with Gasteiger partial charge in [0.05, 0.1) is 15.6 Å². The summed E-state index contributed by atoms with van der Waals surface area (Å²) in [6, 6.07) is 5.19. The summed E-state index contributed by atoms with van der Waals surface area (Å²) < 4.78 is 0. The number of hydrogen-bond acceptors (Lipinski definition) is 3. The summed E-state index contributed by atoms with van der Waals surface area (Å²) in [5, 5.41) is 10.7. The van der Waals surface area contributed by atoms with Gasteiger partial charge in [0.1, 0.15) is 5.82 Å². The Labute approximate surface area is 126 Å². The molecule has 0 atom stereocenters. The van der Waals surface area contributed by atoms with Crippen LogP contribution in [-0.4, -0.2) is 15.1 Å². The molecule has 0 bridgehead atoms. The van der Waals surface area contributed by atoms with Crippen LogP contribution in [0.3, 0.4) is 0 Å². The molecule has 0 saturated carbocycles. The number of hydrogen-bond donors (Lipinski definition) is 2. The van der Waals surface area contributed by atoms with E-state index in [4.69, 9.17) is 23.2 Å². The monoisotopic (exact) mass is 312 g/mol. The molecule has 1 heterocycles. The summed E-state index contributed by atoms with van der Waals surface area (Å²) in [6.45, 7) is 1.93. The fourth-order valence-corrected chi connectivity index (χ4v) is 2.25. The van der Waals surface area contributed by atoms with Crippen molar-refractivity contribution in [2.24, 2.45) is 0 Å². The zero-order chi connectivity index (χ0) is 14.7. The number of aromatic amines is 1. The first-order chi connectivity index (χ1) is 9.51. The van der Waals surface area contributed by atoms with Gasteiger partial charge in [0, 0.05) is 6.42 Å². The van der Waals surface area contributed by atoms with Gasteiger partial charge in [-0.25, -0.2) is 0 Å². The highest BCUT2D eigenvalue weighted by molar-refractivity contribution is 6.42. The second-order valence-corrected chi connectivity index (χ2v) is 5.30. The lowest BCUT2D eigenvalue weighted by molar-refractivity contribution is 0.439. The molecule has 0 saturated heterocycles. The van der Waals surface area contributed by atoms with Crippen molar-refractivity contribution in [2.75, 3.05) is 0 Å². The molecule has 2 rings (SSSR count). The Morgan fingerprint density at radius 3 is 2.65 bits per heavy atom. The predicted octanol–water partition coefficient (Wildman–Crippen LogP) is 3.33. The molecule has 2 aromatic rings. The Balaban J connectivity index is 2.30. The Hall–Kier alpha value is -1.52. The van der Waals surface area contributed by atoms with Crippen molar-refractivity contribution in [1.29, 1.82) is 0 Å². The molecule has 1 aromatic heterocycles. The van der Waals surface area contributed by atoms with Crippen LogP contribution in [-0.2, 0) is 12.8 Å². The van der Waals surface area contributed by atoms with Crippen LogP contribution >= 0.6 is 23.2 Å². The number of halogens is 2. The molecule has 0 unspecified atom stereocenters. The van der Waals surface area contributed by atoms with Crippen LogP contribution in [0, 0.1) is 0 Å². The Bertz CT molecular complexity index is 683. The highest BCUT2D eigenvalue weighted by Crippen LogP contribution is 2.23. The molecule has 0 radical (unpaired) electrons. The first kappa shape index (κ1) is 14.9. The lowest BCUT2D eigenvalue weighted by Gasteiger charge is -2.06. The van der Waals surface area contributed by atoms with Crippen LogP contribution in [0.2, 0.25) is 10.0 Å². The summed E-state index contributed by atoms with van der Waals surface area (Å²) >= 11 is 11.8. The first-order valence-corrected chi connectivity index (χ1v) is 7.01. The fourth-order valence-electron chi connectivity index (χ4n) is 1.93. The average Bonchev–Trinajstić information content (AvgIpc) is 2.38. The Morgan fingerprint density at radius 1 is 1.30 bits per heavy atom. The lowest BCUT2D eigenvalue weighted by atomic mass is 10.1. The molecule has 0 spiro atoms. The molecule has 0 fully saturated rings. The van der Waals surface area contributed by atoms with Gasteiger partial charge in [0.25, 0.3) is 5.56 Å². The first-order valence-electron chi connectivity index (χ1n) is 6.26. The standard InChI is InChI=1S/C14H14Cl2N2O2/c1-2-3-9-13(19)17-12(18-14(9)20)7-8-4-5-10(15)11(16)6-8/h4-6H,2-3,7H2,1H3,(H2,17,18,19,20). The van der Waals surface area contributed by atoms with Crippen LogP contribution in [0.1, 0.15) is 30.3 Å². The SMILES string of the molecule is CCCc1c(O)nc(Cc2ccc(Cl)c(Cl)c2)[nH]c1=O. The average molecular weight is 313 g/mol. The molecule has 0 aliphatic heterocycles. The minimum atomic E-state index is -0.297. The topological polar surface area (TPSA) is 66.0 Å².